The summed E-state index contributed by atoms with van der Waals surface area (Å²) in [6.45, 7) is 4.03. The van der Waals surface area contributed by atoms with Gasteiger partial charge in [0.05, 0.1) is 11.6 Å². The number of carbonyl (C=O) groups is 1. The van der Waals surface area contributed by atoms with Crippen LogP contribution in [0.3, 0.4) is 0 Å². The molecule has 1 amide bonds. The third-order valence-electron chi connectivity index (χ3n) is 4.19. The molecule has 2 heterocycles. The highest BCUT2D eigenvalue weighted by molar-refractivity contribution is 7.99. The number of fused-ring (bicyclic) bond motifs is 1. The fraction of sp³-hybridized carbons (Fsp3) is 0.353. The van der Waals surface area contributed by atoms with Gasteiger partial charge in [0.2, 0.25) is 5.91 Å². The molecule has 8 heteroatoms. The van der Waals surface area contributed by atoms with Gasteiger partial charge >= 0.3 is 0 Å². The Morgan fingerprint density at radius 3 is 3.00 bits per heavy atom. The maximum Gasteiger partial charge on any atom is 0.257 e. The minimum absolute atomic E-state index is 0.0515. The lowest BCUT2D eigenvalue weighted by Gasteiger charge is -2.25. The number of aromatic nitrogens is 2. The number of aryl methyl sites for hydroxylation is 1. The lowest BCUT2D eigenvalue weighted by molar-refractivity contribution is -0.119. The summed E-state index contributed by atoms with van der Waals surface area (Å²) in [7, 11) is 0. The molecule has 1 aliphatic rings. The fourth-order valence-corrected chi connectivity index (χ4v) is 4.10. The molecule has 0 saturated carbocycles. The first-order chi connectivity index (χ1) is 11.9. The third-order valence-corrected chi connectivity index (χ3v) is 5.57. The SMILES string of the molecule is CCc1c(C)nc2n(c1=O)CC(C(=O)Nc1cc(Cl)ccc1O)CS2. The van der Waals surface area contributed by atoms with Crippen molar-refractivity contribution in [1.29, 1.82) is 0 Å². The van der Waals surface area contributed by atoms with Gasteiger partial charge in [0.25, 0.3) is 5.56 Å². The van der Waals surface area contributed by atoms with Gasteiger partial charge in [0.1, 0.15) is 5.75 Å². The second-order valence-electron chi connectivity index (χ2n) is 5.89. The number of hydrogen-bond acceptors (Lipinski definition) is 5. The summed E-state index contributed by atoms with van der Waals surface area (Å²) in [5.74, 6) is -0.196. The summed E-state index contributed by atoms with van der Waals surface area (Å²) >= 11 is 7.29. The summed E-state index contributed by atoms with van der Waals surface area (Å²) in [6, 6.07) is 4.46. The van der Waals surface area contributed by atoms with Crippen molar-refractivity contribution in [2.24, 2.45) is 5.92 Å². The lowest BCUT2D eigenvalue weighted by Crippen LogP contribution is -2.38. The van der Waals surface area contributed by atoms with Crippen molar-refractivity contribution in [1.82, 2.24) is 9.55 Å². The molecule has 1 aromatic heterocycles. The number of benzene rings is 1. The number of phenolic OH excluding ortho intramolecular Hbond substituents is 1. The van der Waals surface area contributed by atoms with E-state index in [9.17, 15) is 14.7 Å². The minimum atomic E-state index is -0.400. The lowest BCUT2D eigenvalue weighted by atomic mass is 10.1. The van der Waals surface area contributed by atoms with Crippen LogP contribution in [0.2, 0.25) is 5.02 Å². The van der Waals surface area contributed by atoms with Crippen molar-refractivity contribution in [2.45, 2.75) is 32.0 Å². The van der Waals surface area contributed by atoms with E-state index in [1.807, 2.05) is 13.8 Å². The van der Waals surface area contributed by atoms with E-state index >= 15 is 0 Å². The number of nitrogens with zero attached hydrogens (tertiary/aromatic N) is 2. The topological polar surface area (TPSA) is 84.2 Å². The number of phenols is 1. The zero-order valence-electron chi connectivity index (χ0n) is 13.9. The van der Waals surface area contributed by atoms with E-state index in [2.05, 4.69) is 10.3 Å². The number of amides is 1. The quantitative estimate of drug-likeness (QED) is 0.632. The van der Waals surface area contributed by atoms with Crippen LogP contribution in [0.4, 0.5) is 5.69 Å². The smallest absolute Gasteiger partial charge is 0.257 e. The van der Waals surface area contributed by atoms with Gasteiger partial charge in [0.15, 0.2) is 5.16 Å². The van der Waals surface area contributed by atoms with E-state index in [1.165, 1.54) is 23.9 Å². The Morgan fingerprint density at radius 2 is 2.28 bits per heavy atom. The van der Waals surface area contributed by atoms with Crippen LogP contribution in [0.25, 0.3) is 0 Å². The highest BCUT2D eigenvalue weighted by atomic mass is 35.5. The Hall–Kier alpha value is -1.99. The second-order valence-corrected chi connectivity index (χ2v) is 7.31. The number of rotatable bonds is 3. The first kappa shape index (κ1) is 17.8. The van der Waals surface area contributed by atoms with Crippen molar-refractivity contribution >= 4 is 35.0 Å². The maximum absolute atomic E-state index is 12.6. The molecular weight excluding hydrogens is 362 g/mol. The van der Waals surface area contributed by atoms with E-state index < -0.39 is 5.92 Å². The molecule has 0 bridgehead atoms. The molecule has 0 radical (unpaired) electrons. The normalized spacial score (nSPS) is 16.4. The molecule has 6 nitrogen and oxygen atoms in total. The third kappa shape index (κ3) is 3.52. The molecule has 0 fully saturated rings. The highest BCUT2D eigenvalue weighted by Crippen LogP contribution is 2.30. The number of hydrogen-bond donors (Lipinski definition) is 2. The van der Waals surface area contributed by atoms with Gasteiger partial charge in [-0.05, 0) is 31.5 Å². The second kappa shape index (κ2) is 7.09. The molecule has 0 saturated heterocycles. The molecule has 25 heavy (non-hydrogen) atoms. The van der Waals surface area contributed by atoms with Crippen molar-refractivity contribution in [3.8, 4) is 5.75 Å². The number of anilines is 1. The van der Waals surface area contributed by atoms with Crippen LogP contribution in [0.15, 0.2) is 28.2 Å². The summed E-state index contributed by atoms with van der Waals surface area (Å²) in [5, 5.41) is 13.6. The minimum Gasteiger partial charge on any atom is -0.506 e. The van der Waals surface area contributed by atoms with E-state index in [1.54, 1.807) is 10.6 Å². The van der Waals surface area contributed by atoms with Crippen LogP contribution in [0.5, 0.6) is 5.75 Å². The molecule has 2 N–H and O–H groups in total. The van der Waals surface area contributed by atoms with Crippen LogP contribution in [0, 0.1) is 12.8 Å². The molecule has 2 aromatic rings. The van der Waals surface area contributed by atoms with Gasteiger partial charge < -0.3 is 10.4 Å². The predicted octanol–water partition coefficient (Wildman–Crippen LogP) is 2.83. The largest absolute Gasteiger partial charge is 0.506 e. The monoisotopic (exact) mass is 379 g/mol. The summed E-state index contributed by atoms with van der Waals surface area (Å²) in [5.41, 5.74) is 1.61. The van der Waals surface area contributed by atoms with Gasteiger partial charge in [-0.3, -0.25) is 14.2 Å². The zero-order valence-corrected chi connectivity index (χ0v) is 15.4. The predicted molar refractivity (Wildman–Crippen MR) is 98.6 cm³/mol. The first-order valence-corrected chi connectivity index (χ1v) is 9.29. The van der Waals surface area contributed by atoms with Crippen molar-refractivity contribution < 1.29 is 9.90 Å². The summed E-state index contributed by atoms with van der Waals surface area (Å²) < 4.78 is 1.57. The van der Waals surface area contributed by atoms with Gasteiger partial charge in [-0.25, -0.2) is 4.98 Å². The van der Waals surface area contributed by atoms with Crippen LogP contribution in [0.1, 0.15) is 18.2 Å². The van der Waals surface area contributed by atoms with Crippen LogP contribution in [-0.4, -0.2) is 26.3 Å². The summed E-state index contributed by atoms with van der Waals surface area (Å²) in [6.07, 6.45) is 0.607. The van der Waals surface area contributed by atoms with Gasteiger partial charge in [-0.2, -0.15) is 0 Å². The van der Waals surface area contributed by atoms with E-state index in [-0.39, 0.29) is 29.4 Å². The standard InChI is InChI=1S/C17H18ClN3O3S/c1-3-12-9(2)19-17-21(16(12)24)7-10(8-25-17)15(23)20-13-6-11(18)4-5-14(13)22/h4-6,10,22H,3,7-8H2,1-2H3,(H,20,23). The van der Waals surface area contributed by atoms with Gasteiger partial charge in [-0.1, -0.05) is 30.3 Å². The zero-order chi connectivity index (χ0) is 18.1. The van der Waals surface area contributed by atoms with E-state index in [0.29, 0.717) is 27.9 Å². The number of thioether (sulfide) groups is 1. The average molecular weight is 380 g/mol. The Balaban J connectivity index is 1.84. The van der Waals surface area contributed by atoms with Crippen molar-refractivity contribution in [2.75, 3.05) is 11.1 Å². The Kier molecular flexibility index (Phi) is 5.06. The molecule has 1 atom stereocenters. The Bertz CT molecular complexity index is 897. The molecule has 1 aliphatic heterocycles. The molecule has 1 aromatic carbocycles. The van der Waals surface area contributed by atoms with E-state index in [4.69, 9.17) is 11.6 Å². The number of halogens is 1. The maximum atomic E-state index is 12.6. The first-order valence-electron chi connectivity index (χ1n) is 7.93. The average Bonchev–Trinajstić information content (AvgIpc) is 2.58. The van der Waals surface area contributed by atoms with Gasteiger partial charge in [0, 0.05) is 28.6 Å². The highest BCUT2D eigenvalue weighted by Gasteiger charge is 2.28. The Labute approximate surface area is 154 Å². The number of carbonyl (C=O) groups excluding carboxylic acids is 1. The molecule has 0 spiro atoms. The Morgan fingerprint density at radius 1 is 1.52 bits per heavy atom. The van der Waals surface area contributed by atoms with Gasteiger partial charge in [-0.15, -0.1) is 0 Å². The van der Waals surface area contributed by atoms with Crippen molar-refractivity contribution in [3.05, 3.63) is 44.8 Å². The number of nitrogens with one attached hydrogen (secondary N) is 1. The van der Waals surface area contributed by atoms with E-state index in [0.717, 1.165) is 5.69 Å². The van der Waals surface area contributed by atoms with Crippen LogP contribution < -0.4 is 10.9 Å². The van der Waals surface area contributed by atoms with Crippen molar-refractivity contribution in [3.63, 3.8) is 0 Å². The fourth-order valence-electron chi connectivity index (χ4n) is 2.80. The summed E-state index contributed by atoms with van der Waals surface area (Å²) in [4.78, 5) is 29.7. The molecule has 3 rings (SSSR count). The van der Waals surface area contributed by atoms with Crippen LogP contribution in [-0.2, 0) is 17.8 Å². The number of aromatic hydroxyl groups is 1. The molecule has 1 unspecified atom stereocenters. The molecule has 132 valence electrons. The molecule has 0 aliphatic carbocycles. The molecular formula is C17H18ClN3O3S. The van der Waals surface area contributed by atoms with Crippen LogP contribution >= 0.6 is 23.4 Å².